The third-order valence-electron chi connectivity index (χ3n) is 2.91. The summed E-state index contributed by atoms with van der Waals surface area (Å²) in [5.41, 5.74) is 2.06. The van der Waals surface area contributed by atoms with Gasteiger partial charge in [-0.1, -0.05) is 0 Å². The summed E-state index contributed by atoms with van der Waals surface area (Å²) in [5, 5.41) is 0. The van der Waals surface area contributed by atoms with Crippen molar-refractivity contribution in [2.45, 2.75) is 45.5 Å². The van der Waals surface area contributed by atoms with Crippen LogP contribution in [0.25, 0.3) is 0 Å². The topological polar surface area (TPSA) is 27.1 Å². The van der Waals surface area contributed by atoms with E-state index < -0.39 is 12.8 Å². The Bertz CT molecular complexity index is 398. The molecule has 17 heavy (non-hydrogen) atoms. The van der Waals surface area contributed by atoms with Gasteiger partial charge in [0, 0.05) is 5.69 Å². The van der Waals surface area contributed by atoms with Crippen molar-refractivity contribution in [3.05, 3.63) is 17.2 Å². The maximum absolute atomic E-state index is 12.0. The van der Waals surface area contributed by atoms with Crippen LogP contribution in [0.15, 0.2) is 0 Å². The molecule has 1 aromatic rings. The van der Waals surface area contributed by atoms with Gasteiger partial charge in [-0.25, -0.2) is 4.98 Å². The fourth-order valence-corrected chi connectivity index (χ4v) is 2.16. The normalized spacial score (nSPS) is 16.0. The number of fused-ring (bicyclic) bond motifs is 1. The van der Waals surface area contributed by atoms with Crippen molar-refractivity contribution >= 4 is 0 Å². The van der Waals surface area contributed by atoms with Gasteiger partial charge in [0.15, 0.2) is 0 Å². The Labute approximate surface area is 97.6 Å². The summed E-state index contributed by atoms with van der Waals surface area (Å²) in [5.74, 6) is 0.735. The van der Waals surface area contributed by atoms with Crippen LogP contribution in [0.2, 0.25) is 0 Å². The number of hydrogen-bond acceptors (Lipinski definition) is 2. The smallest absolute Gasteiger partial charge is 0.351 e. The molecule has 0 bridgehead atoms. The minimum Gasteiger partial charge on any atom is -0.351 e. The predicted molar refractivity (Wildman–Crippen MR) is 55.6 cm³/mol. The monoisotopic (exact) mass is 248 g/mol. The van der Waals surface area contributed by atoms with Crippen LogP contribution in [0.5, 0.6) is 0 Å². The molecule has 0 saturated carbocycles. The highest BCUT2D eigenvalue weighted by molar-refractivity contribution is 5.19. The zero-order valence-electron chi connectivity index (χ0n) is 9.68. The molecule has 6 heteroatoms. The predicted octanol–water partition coefficient (Wildman–Crippen LogP) is 2.61. The maximum Gasteiger partial charge on any atom is 0.411 e. The lowest BCUT2D eigenvalue weighted by Crippen LogP contribution is -2.20. The lowest BCUT2D eigenvalue weighted by atomic mass is 10.0. The second-order valence-corrected chi connectivity index (χ2v) is 4.28. The second kappa shape index (κ2) is 4.68. The van der Waals surface area contributed by atoms with Crippen LogP contribution in [-0.4, -0.2) is 22.3 Å². The highest BCUT2D eigenvalue weighted by atomic mass is 19.4. The summed E-state index contributed by atoms with van der Waals surface area (Å²) >= 11 is 0. The molecule has 1 aromatic heterocycles. The van der Waals surface area contributed by atoms with E-state index in [2.05, 4.69) is 9.72 Å². The minimum absolute atomic E-state index is 0.0618. The Balaban J connectivity index is 2.03. The number of imidazole rings is 1. The third-order valence-corrected chi connectivity index (χ3v) is 2.91. The lowest BCUT2D eigenvalue weighted by molar-refractivity contribution is -0.182. The SMILES string of the molecule is Cc1nc2c(n1COCC(F)(F)F)CCCC2. The van der Waals surface area contributed by atoms with E-state index in [0.717, 1.165) is 42.9 Å². The standard InChI is InChI=1S/C11H15F3N2O/c1-8-15-9-4-2-3-5-10(9)16(8)7-17-6-11(12,13)14/h2-7H2,1H3. The average molecular weight is 248 g/mol. The van der Waals surface area contributed by atoms with Gasteiger partial charge in [-0.05, 0) is 32.6 Å². The zero-order chi connectivity index (χ0) is 12.5. The molecule has 0 saturated heterocycles. The second-order valence-electron chi connectivity index (χ2n) is 4.28. The molecule has 0 spiro atoms. The van der Waals surface area contributed by atoms with Gasteiger partial charge in [0.25, 0.3) is 0 Å². The van der Waals surface area contributed by atoms with Crippen LogP contribution >= 0.6 is 0 Å². The number of aromatic nitrogens is 2. The van der Waals surface area contributed by atoms with E-state index in [1.165, 1.54) is 0 Å². The largest absolute Gasteiger partial charge is 0.411 e. The van der Waals surface area contributed by atoms with Crippen molar-refractivity contribution in [2.24, 2.45) is 0 Å². The van der Waals surface area contributed by atoms with Crippen LogP contribution in [0.3, 0.4) is 0 Å². The van der Waals surface area contributed by atoms with Gasteiger partial charge in [-0.2, -0.15) is 13.2 Å². The molecule has 1 aliphatic carbocycles. The van der Waals surface area contributed by atoms with Gasteiger partial charge < -0.3 is 9.30 Å². The average Bonchev–Trinajstić information content (AvgIpc) is 2.54. The molecule has 0 aromatic carbocycles. The van der Waals surface area contributed by atoms with Crippen molar-refractivity contribution in [1.82, 2.24) is 9.55 Å². The molecule has 3 nitrogen and oxygen atoms in total. The number of ether oxygens (including phenoxy) is 1. The summed E-state index contributed by atoms with van der Waals surface area (Å²) in [4.78, 5) is 4.37. The number of nitrogens with zero attached hydrogens (tertiary/aromatic N) is 2. The Morgan fingerprint density at radius 3 is 2.71 bits per heavy atom. The molecular weight excluding hydrogens is 233 g/mol. The molecule has 0 atom stereocenters. The highest BCUT2D eigenvalue weighted by Crippen LogP contribution is 2.22. The molecular formula is C11H15F3N2O. The fraction of sp³-hybridized carbons (Fsp3) is 0.727. The van der Waals surface area contributed by atoms with Gasteiger partial charge in [-0.3, -0.25) is 0 Å². The summed E-state index contributed by atoms with van der Waals surface area (Å²) in [6.07, 6.45) is -0.299. The van der Waals surface area contributed by atoms with Crippen LogP contribution in [0.4, 0.5) is 13.2 Å². The van der Waals surface area contributed by atoms with Crippen LogP contribution in [-0.2, 0) is 24.3 Å². The Hall–Kier alpha value is -1.04. The molecule has 1 heterocycles. The van der Waals surface area contributed by atoms with E-state index in [1.54, 1.807) is 11.5 Å². The van der Waals surface area contributed by atoms with Gasteiger partial charge in [0.2, 0.25) is 0 Å². The molecule has 1 aliphatic rings. The molecule has 0 aliphatic heterocycles. The van der Waals surface area contributed by atoms with Crippen LogP contribution in [0.1, 0.15) is 30.1 Å². The lowest BCUT2D eigenvalue weighted by Gasteiger charge is -2.15. The third kappa shape index (κ3) is 3.00. The van der Waals surface area contributed by atoms with Crippen molar-refractivity contribution < 1.29 is 17.9 Å². The first kappa shape index (κ1) is 12.4. The van der Waals surface area contributed by atoms with Crippen molar-refractivity contribution in [1.29, 1.82) is 0 Å². The molecule has 0 fully saturated rings. The number of alkyl halides is 3. The summed E-state index contributed by atoms with van der Waals surface area (Å²) in [6, 6.07) is 0. The van der Waals surface area contributed by atoms with E-state index in [0.29, 0.717) is 0 Å². The zero-order valence-corrected chi connectivity index (χ0v) is 9.68. The van der Waals surface area contributed by atoms with E-state index >= 15 is 0 Å². The molecule has 0 N–H and O–H groups in total. The molecule has 0 unspecified atom stereocenters. The Morgan fingerprint density at radius 2 is 2.00 bits per heavy atom. The van der Waals surface area contributed by atoms with Gasteiger partial charge >= 0.3 is 6.18 Å². The number of aryl methyl sites for hydroxylation is 2. The van der Waals surface area contributed by atoms with E-state index in [1.807, 2.05) is 0 Å². The number of halogens is 3. The van der Waals surface area contributed by atoms with Crippen molar-refractivity contribution in [3.8, 4) is 0 Å². The van der Waals surface area contributed by atoms with Crippen molar-refractivity contribution in [3.63, 3.8) is 0 Å². The van der Waals surface area contributed by atoms with Gasteiger partial charge in [0.1, 0.15) is 19.2 Å². The van der Waals surface area contributed by atoms with Gasteiger partial charge in [-0.15, -0.1) is 0 Å². The van der Waals surface area contributed by atoms with Crippen LogP contribution < -0.4 is 0 Å². The number of rotatable bonds is 3. The summed E-state index contributed by atoms with van der Waals surface area (Å²) in [7, 11) is 0. The minimum atomic E-state index is -4.27. The highest BCUT2D eigenvalue weighted by Gasteiger charge is 2.28. The Kier molecular flexibility index (Phi) is 3.42. The van der Waals surface area contributed by atoms with E-state index in [4.69, 9.17) is 0 Å². The molecule has 0 radical (unpaired) electrons. The maximum atomic E-state index is 12.0. The molecule has 2 rings (SSSR count). The summed E-state index contributed by atoms with van der Waals surface area (Å²) < 4.78 is 42.4. The first-order chi connectivity index (χ1) is 7.97. The summed E-state index contributed by atoms with van der Waals surface area (Å²) in [6.45, 7) is 0.530. The Morgan fingerprint density at radius 1 is 1.29 bits per heavy atom. The molecule has 96 valence electrons. The first-order valence-electron chi connectivity index (χ1n) is 5.67. The van der Waals surface area contributed by atoms with Crippen LogP contribution in [0, 0.1) is 6.92 Å². The fourth-order valence-electron chi connectivity index (χ4n) is 2.16. The van der Waals surface area contributed by atoms with E-state index in [-0.39, 0.29) is 6.73 Å². The van der Waals surface area contributed by atoms with Crippen molar-refractivity contribution in [2.75, 3.05) is 6.61 Å². The first-order valence-corrected chi connectivity index (χ1v) is 5.67. The molecule has 0 amide bonds. The number of hydrogen-bond donors (Lipinski definition) is 0. The quantitative estimate of drug-likeness (QED) is 0.822. The van der Waals surface area contributed by atoms with E-state index in [9.17, 15) is 13.2 Å². The van der Waals surface area contributed by atoms with Gasteiger partial charge in [0.05, 0.1) is 5.69 Å².